The second kappa shape index (κ2) is 24.9. The van der Waals surface area contributed by atoms with Crippen molar-refractivity contribution < 1.29 is 139 Å². The van der Waals surface area contributed by atoms with Crippen LogP contribution in [0.2, 0.25) is 0 Å². The third-order valence-electron chi connectivity index (χ3n) is 23.1. The van der Waals surface area contributed by atoms with Crippen LogP contribution < -0.4 is 0 Å². The molecule has 10 rings (SSSR count). The second-order valence-electron chi connectivity index (χ2n) is 28.7. The number of allylic oxidation sites excluding steroid dienone is 2. The van der Waals surface area contributed by atoms with Gasteiger partial charge in [0.05, 0.1) is 37.9 Å². The summed E-state index contributed by atoms with van der Waals surface area (Å²) in [6.45, 7) is 12.8. The van der Waals surface area contributed by atoms with Crippen LogP contribution in [-0.4, -0.2) is 274 Å². The number of carbonyl (C=O) groups is 2. The number of fused-ring (bicyclic) bond motifs is 7. The number of ether oxygens (including phenoxy) is 10. The molecule has 0 aromatic rings. The molecule has 10 aliphatic rings. The zero-order valence-electron chi connectivity index (χ0n) is 50.2. The van der Waals surface area contributed by atoms with Crippen molar-refractivity contribution in [3.63, 3.8) is 0 Å². The van der Waals surface area contributed by atoms with Crippen molar-refractivity contribution in [1.82, 2.24) is 0 Å². The Morgan fingerprint density at radius 2 is 1.11 bits per heavy atom. The first-order valence-corrected chi connectivity index (χ1v) is 30.7. The summed E-state index contributed by atoms with van der Waals surface area (Å²) < 4.78 is 59.7. The Hall–Kier alpha value is -2.28. The highest BCUT2D eigenvalue weighted by atomic mass is 16.8. The molecule has 9 fully saturated rings. The van der Waals surface area contributed by atoms with Crippen molar-refractivity contribution in [3.05, 3.63) is 11.6 Å². The minimum Gasteiger partial charge on any atom is -0.479 e. The summed E-state index contributed by atoms with van der Waals surface area (Å²) in [5.74, 6) is -2.54. The number of aliphatic hydroxyl groups is 15. The van der Waals surface area contributed by atoms with Crippen LogP contribution in [0.5, 0.6) is 0 Å². The largest absolute Gasteiger partial charge is 0.479 e. The minimum atomic E-state index is -2.11. The maximum Gasteiger partial charge on any atom is 0.335 e. The molecule has 0 spiro atoms. The van der Waals surface area contributed by atoms with Gasteiger partial charge in [0.1, 0.15) is 110 Å². The molecule has 5 heterocycles. The van der Waals surface area contributed by atoms with E-state index < -0.39 is 208 Å². The van der Waals surface area contributed by atoms with Gasteiger partial charge in [0.25, 0.3) is 0 Å². The Morgan fingerprint density at radius 1 is 0.552 bits per heavy atom. The van der Waals surface area contributed by atoms with Gasteiger partial charge in [-0.2, -0.15) is 0 Å². The van der Waals surface area contributed by atoms with E-state index in [-0.39, 0.29) is 34.0 Å². The predicted octanol–water partition coefficient (Wildman–Crippen LogP) is -3.48. The molecule has 2 unspecified atom stereocenters. The van der Waals surface area contributed by atoms with E-state index in [9.17, 15) is 86.5 Å². The molecule has 0 amide bonds. The van der Waals surface area contributed by atoms with E-state index in [2.05, 4.69) is 54.5 Å². The monoisotopic (exact) mass is 1250 g/mol. The van der Waals surface area contributed by atoms with Gasteiger partial charge >= 0.3 is 11.9 Å². The van der Waals surface area contributed by atoms with Crippen molar-refractivity contribution in [2.75, 3.05) is 26.4 Å². The predicted molar refractivity (Wildman–Crippen MR) is 290 cm³/mol. The standard InChI is InChI=1S/C59H94O28/c1-54(2)14-16-59(53(77)87-51-42(73)38(69)35(66)28(82-51)22-79-48-40(71)36(67)33(64)26(19-60)80-48)17-15-57(6)23(24(59)18-54)8-9-30-56(5)12-11-31(55(3,4)29(56)10-13-58(30,57)7)83-52-46(86-50-41(72)37(68)34(65)27(20-61)81-50)44(43(74)45(85-52)47(75)76)84-49-39(70)32(63)25(62)21-78-49/h8,24-46,48-52,60-74H,9-22H2,1-7H3,(H,75,76)/t24-,25-,26+,27+,28+,29?,30?,31-,32-,33+,34+,35+,36-,37-,38-,39+,40+,41+,42+,43-,44-,45-,46+,48+,49-,50-,51-,52+,56-,57+,58+,59-/m0/s1. The van der Waals surface area contributed by atoms with E-state index in [0.29, 0.717) is 57.8 Å². The molecule has 87 heavy (non-hydrogen) atoms. The number of aliphatic hydroxyl groups excluding tert-OH is 15. The number of carbonyl (C=O) groups excluding carboxylic acids is 1. The van der Waals surface area contributed by atoms with Gasteiger partial charge in [0.2, 0.25) is 6.29 Å². The summed E-state index contributed by atoms with van der Waals surface area (Å²) in [7, 11) is 0. The number of aliphatic carboxylic acids is 1. The molecule has 4 saturated carbocycles. The first kappa shape index (κ1) is 67.6. The molecule has 498 valence electrons. The fourth-order valence-corrected chi connectivity index (χ4v) is 17.6. The molecular weight excluding hydrogens is 1160 g/mol. The first-order valence-electron chi connectivity index (χ1n) is 30.7. The fraction of sp³-hybridized carbons (Fsp3) is 0.932. The highest BCUT2D eigenvalue weighted by Gasteiger charge is 2.71. The number of hydrogen-bond acceptors (Lipinski definition) is 27. The number of hydrogen-bond donors (Lipinski definition) is 16. The van der Waals surface area contributed by atoms with Gasteiger partial charge in [-0.05, 0) is 109 Å². The number of esters is 1. The second-order valence-corrected chi connectivity index (χ2v) is 28.7. The topological polar surface area (TPSA) is 450 Å². The van der Waals surface area contributed by atoms with Gasteiger partial charge in [0.15, 0.2) is 31.3 Å². The maximum absolute atomic E-state index is 15.2. The quantitative estimate of drug-likeness (QED) is 0.0456. The van der Waals surface area contributed by atoms with Crippen molar-refractivity contribution in [2.24, 2.45) is 50.2 Å². The lowest BCUT2D eigenvalue weighted by Crippen LogP contribution is -2.68. The van der Waals surface area contributed by atoms with Crippen molar-refractivity contribution in [1.29, 1.82) is 0 Å². The number of rotatable bonds is 14. The molecule has 0 aromatic carbocycles. The molecule has 5 aliphatic carbocycles. The van der Waals surface area contributed by atoms with Crippen LogP contribution in [0.3, 0.4) is 0 Å². The first-order chi connectivity index (χ1) is 40.7. The van der Waals surface area contributed by atoms with Crippen LogP contribution in [0.25, 0.3) is 0 Å². The van der Waals surface area contributed by atoms with Gasteiger partial charge in [-0.15, -0.1) is 0 Å². The molecule has 16 N–H and O–H groups in total. The SMILES string of the molecule is CC1(C)CC[C@]2(C(=O)O[C@@H]3O[C@H](CO[C@@H]4O[C@H](CO)[C@@H](O)[C@H](O)[C@H]4O)[C@@H](O)[C@H](O)[C@H]3O)CC[C@]3(C)C(=CCC4[C@@]5(C)CC[C@H](O[C@@H]6O[C@H](C(=O)O)[C@@H](O)[C@H](O[C@@H]7OC[C@H](O)[C@H](O)[C@H]7O)[C@H]6O[C@@H]6O[C@H](CO)[C@@H](O)[C@H](O)[C@H]6O)C(C)(C)C5CC[C@]43C)[C@@H]2C1. The van der Waals surface area contributed by atoms with Crippen molar-refractivity contribution >= 4 is 11.9 Å². The smallest absolute Gasteiger partial charge is 0.335 e. The maximum atomic E-state index is 15.2. The molecule has 0 aromatic heterocycles. The van der Waals surface area contributed by atoms with Gasteiger partial charge < -0.3 is 129 Å². The summed E-state index contributed by atoms with van der Waals surface area (Å²) in [6.07, 6.45) is -35.0. The molecular formula is C59H94O28. The minimum absolute atomic E-state index is 0.0473. The normalized spacial score (nSPS) is 53.1. The summed E-state index contributed by atoms with van der Waals surface area (Å²) in [6, 6.07) is 0. The van der Waals surface area contributed by atoms with E-state index in [0.717, 1.165) is 12.0 Å². The van der Waals surface area contributed by atoms with Crippen LogP contribution in [-0.2, 0) is 57.0 Å². The molecule has 28 nitrogen and oxygen atoms in total. The third kappa shape index (κ3) is 11.5. The molecule has 5 aliphatic heterocycles. The van der Waals surface area contributed by atoms with Gasteiger partial charge in [-0.25, -0.2) is 4.79 Å². The molecule has 0 radical (unpaired) electrons. The molecule has 5 saturated heterocycles. The van der Waals surface area contributed by atoms with Gasteiger partial charge in [0, 0.05) is 0 Å². The van der Waals surface area contributed by atoms with Gasteiger partial charge in [-0.3, -0.25) is 4.79 Å². The Morgan fingerprint density at radius 3 is 1.75 bits per heavy atom. The lowest BCUT2D eigenvalue weighted by Gasteiger charge is -2.71. The number of carboxylic acids is 1. The summed E-state index contributed by atoms with van der Waals surface area (Å²) >= 11 is 0. The summed E-state index contributed by atoms with van der Waals surface area (Å²) in [4.78, 5) is 28.1. The molecule has 32 atom stereocenters. The average molecular weight is 1250 g/mol. The van der Waals surface area contributed by atoms with E-state index in [4.69, 9.17) is 47.4 Å². The van der Waals surface area contributed by atoms with Crippen LogP contribution >= 0.6 is 0 Å². The van der Waals surface area contributed by atoms with Crippen LogP contribution in [0.15, 0.2) is 11.6 Å². The van der Waals surface area contributed by atoms with Crippen LogP contribution in [0.1, 0.15) is 113 Å². The zero-order chi connectivity index (χ0) is 63.6. The van der Waals surface area contributed by atoms with Crippen molar-refractivity contribution in [2.45, 2.75) is 266 Å². The highest BCUT2D eigenvalue weighted by Crippen LogP contribution is 2.76. The Kier molecular flexibility index (Phi) is 19.3. The van der Waals surface area contributed by atoms with Crippen LogP contribution in [0.4, 0.5) is 0 Å². The molecule has 0 bridgehead atoms. The van der Waals surface area contributed by atoms with E-state index in [1.54, 1.807) is 0 Å². The Labute approximate surface area is 503 Å². The lowest BCUT2D eigenvalue weighted by atomic mass is 9.33. The third-order valence-corrected chi connectivity index (χ3v) is 23.1. The van der Waals surface area contributed by atoms with Crippen molar-refractivity contribution in [3.8, 4) is 0 Å². The zero-order valence-corrected chi connectivity index (χ0v) is 50.2. The van der Waals surface area contributed by atoms with E-state index in [1.807, 2.05) is 0 Å². The number of carboxylic acid groups (broad SMARTS) is 1. The lowest BCUT2D eigenvalue weighted by molar-refractivity contribution is -0.392. The van der Waals surface area contributed by atoms with E-state index in [1.165, 1.54) is 0 Å². The summed E-state index contributed by atoms with van der Waals surface area (Å²) in [5, 5.41) is 171. The fourth-order valence-electron chi connectivity index (χ4n) is 17.6. The van der Waals surface area contributed by atoms with E-state index >= 15 is 4.79 Å². The summed E-state index contributed by atoms with van der Waals surface area (Å²) in [5.41, 5.74) is -1.95. The Bertz CT molecular complexity index is 2470. The van der Waals surface area contributed by atoms with Gasteiger partial charge in [-0.1, -0.05) is 60.1 Å². The average Bonchev–Trinajstić information content (AvgIpc) is 0.681. The van der Waals surface area contributed by atoms with Crippen LogP contribution in [0, 0.1) is 50.2 Å². The highest BCUT2D eigenvalue weighted by molar-refractivity contribution is 5.79. The Balaban J connectivity index is 0.894. The molecule has 28 heteroatoms.